The topological polar surface area (TPSA) is 79.5 Å². The summed E-state index contributed by atoms with van der Waals surface area (Å²) < 4.78 is 5.17. The molecule has 1 aromatic carbocycles. The second kappa shape index (κ2) is 9.22. The number of benzene rings is 1. The fourth-order valence-electron chi connectivity index (χ4n) is 4.16. The minimum atomic E-state index is -0.244. The van der Waals surface area contributed by atoms with Crippen molar-refractivity contribution >= 4 is 11.8 Å². The normalized spacial score (nSPS) is 24.2. The first-order valence-electron chi connectivity index (χ1n) is 10.1. The molecule has 1 saturated carbocycles. The molecule has 6 heteroatoms. The molecule has 148 valence electrons. The zero-order valence-corrected chi connectivity index (χ0v) is 16.3. The highest BCUT2D eigenvalue weighted by Crippen LogP contribution is 2.26. The molecule has 1 saturated heterocycles. The molecule has 1 heterocycles. The molecule has 0 aromatic heterocycles. The SMILES string of the molecule is COc1cccc(C(=O)N[C@H]2CN[C@H](C(=O)N[C@@H](C)C3CCCCC3)C2)c1. The Morgan fingerprint density at radius 2 is 2.00 bits per heavy atom. The highest BCUT2D eigenvalue weighted by Gasteiger charge is 2.32. The molecular formula is C21H31N3O3. The van der Waals surface area contributed by atoms with E-state index in [4.69, 9.17) is 4.74 Å². The van der Waals surface area contributed by atoms with Crippen LogP contribution in [0.5, 0.6) is 5.75 Å². The van der Waals surface area contributed by atoms with Gasteiger partial charge in [0.2, 0.25) is 5.91 Å². The summed E-state index contributed by atoms with van der Waals surface area (Å²) in [6.45, 7) is 2.72. The van der Waals surface area contributed by atoms with Crippen LogP contribution in [0, 0.1) is 5.92 Å². The molecule has 0 spiro atoms. The smallest absolute Gasteiger partial charge is 0.251 e. The molecule has 0 radical (unpaired) electrons. The maximum atomic E-state index is 12.6. The van der Waals surface area contributed by atoms with E-state index in [1.807, 2.05) is 6.07 Å². The van der Waals surface area contributed by atoms with Crippen LogP contribution in [0.4, 0.5) is 0 Å². The lowest BCUT2D eigenvalue weighted by atomic mass is 9.84. The van der Waals surface area contributed by atoms with Crippen LogP contribution in [-0.2, 0) is 4.79 Å². The Morgan fingerprint density at radius 3 is 2.74 bits per heavy atom. The molecule has 0 unspecified atom stereocenters. The molecule has 1 aromatic rings. The zero-order chi connectivity index (χ0) is 19.2. The predicted octanol–water partition coefficient (Wildman–Crippen LogP) is 2.24. The second-order valence-electron chi connectivity index (χ2n) is 7.79. The van der Waals surface area contributed by atoms with E-state index in [0.29, 0.717) is 30.2 Å². The molecule has 3 N–H and O–H groups in total. The molecule has 0 bridgehead atoms. The number of ether oxygens (including phenoxy) is 1. The van der Waals surface area contributed by atoms with Gasteiger partial charge >= 0.3 is 0 Å². The van der Waals surface area contributed by atoms with E-state index in [0.717, 1.165) is 0 Å². The van der Waals surface area contributed by atoms with Crippen LogP contribution >= 0.6 is 0 Å². The fourth-order valence-corrected chi connectivity index (χ4v) is 4.16. The molecule has 27 heavy (non-hydrogen) atoms. The van der Waals surface area contributed by atoms with E-state index in [2.05, 4.69) is 22.9 Å². The average molecular weight is 373 g/mol. The summed E-state index contributed by atoms with van der Waals surface area (Å²) in [6, 6.07) is 7.00. The van der Waals surface area contributed by atoms with E-state index < -0.39 is 0 Å². The maximum Gasteiger partial charge on any atom is 0.251 e. The number of hydrogen-bond acceptors (Lipinski definition) is 4. The van der Waals surface area contributed by atoms with Crippen LogP contribution in [0.15, 0.2) is 24.3 Å². The van der Waals surface area contributed by atoms with Crippen molar-refractivity contribution < 1.29 is 14.3 Å². The highest BCUT2D eigenvalue weighted by atomic mass is 16.5. The molecule has 1 aliphatic heterocycles. The third-order valence-electron chi connectivity index (χ3n) is 5.84. The zero-order valence-electron chi connectivity index (χ0n) is 16.3. The maximum absolute atomic E-state index is 12.6. The van der Waals surface area contributed by atoms with Crippen molar-refractivity contribution in [2.45, 2.75) is 63.6 Å². The Bertz CT molecular complexity index is 658. The Hall–Kier alpha value is -2.08. The summed E-state index contributed by atoms with van der Waals surface area (Å²) in [4.78, 5) is 25.0. The summed E-state index contributed by atoms with van der Waals surface area (Å²) >= 11 is 0. The first-order chi connectivity index (χ1) is 13.1. The van der Waals surface area contributed by atoms with Gasteiger partial charge in [-0.3, -0.25) is 9.59 Å². The number of hydrogen-bond donors (Lipinski definition) is 3. The van der Waals surface area contributed by atoms with Crippen LogP contribution in [-0.4, -0.2) is 43.6 Å². The van der Waals surface area contributed by atoms with E-state index in [1.54, 1.807) is 25.3 Å². The van der Waals surface area contributed by atoms with Crippen LogP contribution in [0.2, 0.25) is 0 Å². The number of methoxy groups -OCH3 is 1. The Labute approximate surface area is 161 Å². The Balaban J connectivity index is 1.47. The summed E-state index contributed by atoms with van der Waals surface area (Å²) in [5.41, 5.74) is 0.563. The van der Waals surface area contributed by atoms with Crippen molar-refractivity contribution in [3.8, 4) is 5.75 Å². The second-order valence-corrected chi connectivity index (χ2v) is 7.79. The van der Waals surface area contributed by atoms with Gasteiger partial charge in [-0.2, -0.15) is 0 Å². The Kier molecular flexibility index (Phi) is 6.72. The molecule has 1 aliphatic carbocycles. The molecule has 3 atom stereocenters. The van der Waals surface area contributed by atoms with E-state index >= 15 is 0 Å². The van der Waals surface area contributed by atoms with E-state index in [-0.39, 0.29) is 29.9 Å². The van der Waals surface area contributed by atoms with Gasteiger partial charge in [-0.15, -0.1) is 0 Å². The third-order valence-corrected chi connectivity index (χ3v) is 5.84. The monoisotopic (exact) mass is 373 g/mol. The van der Waals surface area contributed by atoms with Gasteiger partial charge < -0.3 is 20.7 Å². The lowest BCUT2D eigenvalue weighted by Gasteiger charge is -2.29. The van der Waals surface area contributed by atoms with Crippen LogP contribution in [0.3, 0.4) is 0 Å². The van der Waals surface area contributed by atoms with Crippen LogP contribution in [0.1, 0.15) is 55.8 Å². The van der Waals surface area contributed by atoms with E-state index in [1.165, 1.54) is 32.1 Å². The van der Waals surface area contributed by atoms with Gasteiger partial charge in [-0.25, -0.2) is 0 Å². The van der Waals surface area contributed by atoms with Crippen LogP contribution in [0.25, 0.3) is 0 Å². The molecule has 6 nitrogen and oxygen atoms in total. The van der Waals surface area contributed by atoms with Crippen molar-refractivity contribution in [2.24, 2.45) is 5.92 Å². The van der Waals surface area contributed by atoms with Crippen LogP contribution < -0.4 is 20.7 Å². The summed E-state index contributed by atoms with van der Waals surface area (Å²) in [7, 11) is 1.58. The molecule has 2 fully saturated rings. The average Bonchev–Trinajstić information content (AvgIpc) is 3.17. The summed E-state index contributed by atoms with van der Waals surface area (Å²) in [6.07, 6.45) is 6.88. The lowest BCUT2D eigenvalue weighted by Crippen LogP contribution is -2.47. The first kappa shape index (κ1) is 19.7. The summed E-state index contributed by atoms with van der Waals surface area (Å²) in [5, 5.41) is 9.44. The summed E-state index contributed by atoms with van der Waals surface area (Å²) in [5.74, 6) is 1.15. The number of rotatable bonds is 6. The molecule has 3 rings (SSSR count). The van der Waals surface area contributed by atoms with Crippen molar-refractivity contribution in [3.63, 3.8) is 0 Å². The molecule has 2 aliphatic rings. The first-order valence-corrected chi connectivity index (χ1v) is 10.1. The van der Waals surface area contributed by atoms with Gasteiger partial charge in [-0.05, 0) is 50.3 Å². The van der Waals surface area contributed by atoms with Crippen molar-refractivity contribution in [1.82, 2.24) is 16.0 Å². The van der Waals surface area contributed by atoms with Gasteiger partial charge in [0.15, 0.2) is 0 Å². The Morgan fingerprint density at radius 1 is 1.22 bits per heavy atom. The van der Waals surface area contributed by atoms with Crippen molar-refractivity contribution in [2.75, 3.05) is 13.7 Å². The van der Waals surface area contributed by atoms with Gasteiger partial charge in [0.1, 0.15) is 5.75 Å². The number of carbonyl (C=O) groups is 2. The fraction of sp³-hybridized carbons (Fsp3) is 0.619. The lowest BCUT2D eigenvalue weighted by molar-refractivity contribution is -0.123. The minimum Gasteiger partial charge on any atom is -0.497 e. The van der Waals surface area contributed by atoms with E-state index in [9.17, 15) is 9.59 Å². The quantitative estimate of drug-likeness (QED) is 0.715. The van der Waals surface area contributed by atoms with Gasteiger partial charge in [0.25, 0.3) is 5.91 Å². The largest absolute Gasteiger partial charge is 0.497 e. The number of amides is 2. The van der Waals surface area contributed by atoms with Gasteiger partial charge in [0, 0.05) is 24.2 Å². The number of nitrogens with one attached hydrogen (secondary N) is 3. The predicted molar refractivity (Wildman–Crippen MR) is 105 cm³/mol. The highest BCUT2D eigenvalue weighted by molar-refractivity contribution is 5.95. The van der Waals surface area contributed by atoms with Crippen molar-refractivity contribution in [3.05, 3.63) is 29.8 Å². The standard InChI is InChI=1S/C21H31N3O3/c1-14(15-7-4-3-5-8-15)23-21(26)19-12-17(13-22-19)24-20(25)16-9-6-10-18(11-16)27-2/h6,9-11,14-15,17,19,22H,3-5,7-8,12-13H2,1-2H3,(H,23,26)(H,24,25)/t14-,17+,19-/m0/s1. The number of carbonyl (C=O) groups excluding carboxylic acids is 2. The molecule has 2 amide bonds. The third kappa shape index (κ3) is 5.22. The van der Waals surface area contributed by atoms with Gasteiger partial charge in [-0.1, -0.05) is 25.3 Å². The minimum absolute atomic E-state index is 0.0474. The van der Waals surface area contributed by atoms with Crippen molar-refractivity contribution in [1.29, 1.82) is 0 Å². The molecular weight excluding hydrogens is 342 g/mol. The van der Waals surface area contributed by atoms with Gasteiger partial charge in [0.05, 0.1) is 13.2 Å².